The number of urea groups is 1. The number of para-hydroxylation sites is 1. The van der Waals surface area contributed by atoms with Gasteiger partial charge in [-0.15, -0.1) is 11.3 Å². The minimum absolute atomic E-state index is 0.0496. The van der Waals surface area contributed by atoms with Crippen LogP contribution in [0.2, 0.25) is 0 Å². The molecule has 198 valence electrons. The summed E-state index contributed by atoms with van der Waals surface area (Å²) in [7, 11) is -3.64. The number of aromatic nitrogens is 1. The first kappa shape index (κ1) is 27.2. The molecule has 1 aromatic carbocycles. The number of aliphatic hydroxyl groups excluding tert-OH is 1. The number of aliphatic hydroxyl groups is 1. The summed E-state index contributed by atoms with van der Waals surface area (Å²) in [6, 6.07) is 7.74. The number of thiophene rings is 1. The number of rotatable bonds is 7. The standard InChI is InChI=1S/C24H29N5O5S3/c1-14(2)25-22(31)18-6-4-5-7-19(18)27-23(32)28-24-26-15(3)21(36-24)16-12-20(35-13-16)37(33,34)29-10-8-17(30)9-11-29/h4-7,12-14,17,30H,8-11H2,1-3H3,(H,25,31)(H2,26,27,28,32). The van der Waals surface area contributed by atoms with Crippen LogP contribution < -0.4 is 16.0 Å². The highest BCUT2D eigenvalue weighted by molar-refractivity contribution is 7.91. The molecule has 3 amide bonds. The Labute approximate surface area is 223 Å². The summed E-state index contributed by atoms with van der Waals surface area (Å²) in [4.78, 5) is 30.3. The van der Waals surface area contributed by atoms with E-state index in [4.69, 9.17) is 0 Å². The summed E-state index contributed by atoms with van der Waals surface area (Å²) in [5.74, 6) is -0.290. The van der Waals surface area contributed by atoms with Crippen LogP contribution in [0.25, 0.3) is 10.4 Å². The Kier molecular flexibility index (Phi) is 8.29. The van der Waals surface area contributed by atoms with Gasteiger partial charge in [0.1, 0.15) is 4.21 Å². The number of piperidine rings is 1. The third kappa shape index (κ3) is 6.36. The van der Waals surface area contributed by atoms with E-state index in [0.717, 1.165) is 16.2 Å². The van der Waals surface area contributed by atoms with E-state index in [9.17, 15) is 23.1 Å². The number of hydrogen-bond acceptors (Lipinski definition) is 8. The van der Waals surface area contributed by atoms with Crippen molar-refractivity contribution in [3.05, 3.63) is 47.0 Å². The van der Waals surface area contributed by atoms with Crippen LogP contribution in [0.3, 0.4) is 0 Å². The molecular weight excluding hydrogens is 534 g/mol. The molecule has 1 aliphatic rings. The van der Waals surface area contributed by atoms with E-state index >= 15 is 0 Å². The number of amides is 3. The van der Waals surface area contributed by atoms with Crippen molar-refractivity contribution in [2.45, 2.75) is 50.0 Å². The van der Waals surface area contributed by atoms with E-state index in [1.807, 2.05) is 13.8 Å². The number of benzene rings is 1. The van der Waals surface area contributed by atoms with Crippen molar-refractivity contribution in [1.82, 2.24) is 14.6 Å². The van der Waals surface area contributed by atoms with E-state index in [1.54, 1.807) is 42.6 Å². The number of anilines is 2. The van der Waals surface area contributed by atoms with E-state index in [-0.39, 0.29) is 16.2 Å². The molecule has 0 bridgehead atoms. The molecule has 10 nitrogen and oxygen atoms in total. The monoisotopic (exact) mass is 563 g/mol. The number of nitrogens with one attached hydrogen (secondary N) is 3. The molecule has 0 radical (unpaired) electrons. The maximum Gasteiger partial charge on any atom is 0.325 e. The molecule has 4 rings (SSSR count). The first-order valence-corrected chi connectivity index (χ1v) is 14.9. The fourth-order valence-electron chi connectivity index (χ4n) is 3.88. The van der Waals surface area contributed by atoms with Crippen LogP contribution in [0, 0.1) is 6.92 Å². The average molecular weight is 564 g/mol. The van der Waals surface area contributed by atoms with Crippen LogP contribution in [-0.2, 0) is 10.0 Å². The van der Waals surface area contributed by atoms with E-state index < -0.39 is 22.2 Å². The molecule has 3 aromatic rings. The summed E-state index contributed by atoms with van der Waals surface area (Å²) >= 11 is 2.37. The third-order valence-electron chi connectivity index (χ3n) is 5.71. The number of carbonyl (C=O) groups is 2. The first-order chi connectivity index (χ1) is 17.5. The highest BCUT2D eigenvalue weighted by Crippen LogP contribution is 2.37. The van der Waals surface area contributed by atoms with Gasteiger partial charge in [0, 0.05) is 30.1 Å². The average Bonchev–Trinajstić information content (AvgIpc) is 3.46. The maximum absolute atomic E-state index is 13.0. The van der Waals surface area contributed by atoms with Crippen molar-refractivity contribution in [3.8, 4) is 10.4 Å². The second-order valence-corrected chi connectivity index (χ2v) is 13.1. The van der Waals surface area contributed by atoms with Crippen molar-refractivity contribution < 1.29 is 23.1 Å². The first-order valence-electron chi connectivity index (χ1n) is 11.8. The Morgan fingerprint density at radius 2 is 1.86 bits per heavy atom. The number of carbonyl (C=O) groups excluding carboxylic acids is 2. The molecule has 0 aliphatic carbocycles. The van der Waals surface area contributed by atoms with Crippen LogP contribution in [0.4, 0.5) is 15.6 Å². The molecule has 0 spiro atoms. The Morgan fingerprint density at radius 1 is 1.16 bits per heavy atom. The van der Waals surface area contributed by atoms with Gasteiger partial charge >= 0.3 is 6.03 Å². The van der Waals surface area contributed by atoms with Gasteiger partial charge in [-0.25, -0.2) is 18.2 Å². The van der Waals surface area contributed by atoms with Crippen LogP contribution >= 0.6 is 22.7 Å². The van der Waals surface area contributed by atoms with E-state index in [0.29, 0.717) is 53.6 Å². The fourth-order valence-corrected chi connectivity index (χ4v) is 7.70. The smallest absolute Gasteiger partial charge is 0.325 e. The Balaban J connectivity index is 1.46. The minimum atomic E-state index is -3.64. The van der Waals surface area contributed by atoms with Crippen molar-refractivity contribution in [2.24, 2.45) is 0 Å². The van der Waals surface area contributed by atoms with Crippen molar-refractivity contribution in [2.75, 3.05) is 23.7 Å². The molecule has 13 heteroatoms. The molecule has 37 heavy (non-hydrogen) atoms. The fraction of sp³-hybridized carbons (Fsp3) is 0.375. The van der Waals surface area contributed by atoms with Crippen LogP contribution in [0.15, 0.2) is 39.9 Å². The molecule has 0 atom stereocenters. The molecule has 0 saturated carbocycles. The molecule has 4 N–H and O–H groups in total. The highest BCUT2D eigenvalue weighted by atomic mass is 32.2. The quantitative estimate of drug-likeness (QED) is 0.341. The van der Waals surface area contributed by atoms with Gasteiger partial charge in [-0.05, 0) is 51.8 Å². The SMILES string of the molecule is Cc1nc(NC(=O)Nc2ccccc2C(=O)NC(C)C)sc1-c1csc(S(=O)(=O)N2CCC(O)CC2)c1. The maximum atomic E-state index is 13.0. The van der Waals surface area contributed by atoms with Crippen LogP contribution in [-0.4, -0.2) is 60.0 Å². The molecule has 1 saturated heterocycles. The summed E-state index contributed by atoms with van der Waals surface area (Å²) in [5.41, 5.74) is 2.07. The number of nitrogens with zero attached hydrogens (tertiary/aromatic N) is 2. The third-order valence-corrected chi connectivity index (χ3v) is 10.1. The summed E-state index contributed by atoms with van der Waals surface area (Å²) in [6.07, 6.45) is 0.393. The zero-order valence-electron chi connectivity index (χ0n) is 20.6. The zero-order valence-corrected chi connectivity index (χ0v) is 23.1. The number of hydrogen-bond donors (Lipinski definition) is 4. The van der Waals surface area contributed by atoms with E-state index in [2.05, 4.69) is 20.9 Å². The van der Waals surface area contributed by atoms with E-state index in [1.165, 1.54) is 15.6 Å². The molecule has 1 aliphatic heterocycles. The van der Waals surface area contributed by atoms with Crippen LogP contribution in [0.5, 0.6) is 0 Å². The minimum Gasteiger partial charge on any atom is -0.393 e. The van der Waals surface area contributed by atoms with Gasteiger partial charge in [0.25, 0.3) is 15.9 Å². The molecule has 1 fully saturated rings. The predicted octanol–water partition coefficient (Wildman–Crippen LogP) is 4.11. The normalized spacial score (nSPS) is 15.1. The van der Waals surface area contributed by atoms with Crippen molar-refractivity contribution >= 4 is 55.5 Å². The van der Waals surface area contributed by atoms with Gasteiger partial charge < -0.3 is 15.7 Å². The number of sulfonamides is 1. The Bertz CT molecular complexity index is 1390. The van der Waals surface area contributed by atoms with Gasteiger partial charge in [0.05, 0.1) is 27.9 Å². The Hall–Kier alpha value is -2.84. The summed E-state index contributed by atoms with van der Waals surface area (Å²) in [6.45, 7) is 6.09. The number of thiazole rings is 1. The second-order valence-electron chi connectivity index (χ2n) is 8.98. The molecule has 3 heterocycles. The highest BCUT2D eigenvalue weighted by Gasteiger charge is 2.30. The van der Waals surface area contributed by atoms with Gasteiger partial charge in [-0.1, -0.05) is 23.5 Å². The lowest BCUT2D eigenvalue weighted by Gasteiger charge is -2.28. The number of aryl methyl sites for hydroxylation is 1. The predicted molar refractivity (Wildman–Crippen MR) is 146 cm³/mol. The van der Waals surface area contributed by atoms with Crippen LogP contribution in [0.1, 0.15) is 42.7 Å². The largest absolute Gasteiger partial charge is 0.393 e. The van der Waals surface area contributed by atoms with Crippen molar-refractivity contribution in [1.29, 1.82) is 0 Å². The molecule has 2 aromatic heterocycles. The lowest BCUT2D eigenvalue weighted by Crippen LogP contribution is -2.39. The lowest BCUT2D eigenvalue weighted by atomic mass is 10.1. The second kappa shape index (κ2) is 11.3. The topological polar surface area (TPSA) is 141 Å². The molecular formula is C24H29N5O5S3. The van der Waals surface area contributed by atoms with Crippen molar-refractivity contribution in [3.63, 3.8) is 0 Å². The van der Waals surface area contributed by atoms with Gasteiger partial charge in [-0.2, -0.15) is 4.31 Å². The van der Waals surface area contributed by atoms with Gasteiger partial charge in [0.2, 0.25) is 0 Å². The Morgan fingerprint density at radius 3 is 2.57 bits per heavy atom. The summed E-state index contributed by atoms with van der Waals surface area (Å²) in [5, 5.41) is 20.0. The zero-order chi connectivity index (χ0) is 26.7. The van der Waals surface area contributed by atoms with Gasteiger partial charge in [0.15, 0.2) is 5.13 Å². The lowest BCUT2D eigenvalue weighted by molar-refractivity contribution is 0.0943. The molecule has 0 unspecified atom stereocenters. The summed E-state index contributed by atoms with van der Waals surface area (Å²) < 4.78 is 27.7. The van der Waals surface area contributed by atoms with Gasteiger partial charge in [-0.3, -0.25) is 10.1 Å².